The Morgan fingerprint density at radius 1 is 1.10 bits per heavy atom. The number of rotatable bonds is 4. The zero-order valence-electron chi connectivity index (χ0n) is 16.1. The monoisotopic (exact) mass is 436 g/mol. The van der Waals surface area contributed by atoms with Gasteiger partial charge in [-0.3, -0.25) is 4.79 Å². The number of hydrogen-bond donors (Lipinski definition) is 6. The van der Waals surface area contributed by atoms with Crippen LogP contribution in [-0.4, -0.2) is 75.1 Å². The molecule has 2 aromatic carbocycles. The van der Waals surface area contributed by atoms with Gasteiger partial charge in [0.25, 0.3) is 0 Å². The Balaban J connectivity index is 1.91. The fraction of sp³-hybridized carbons (Fsp3) is 0.350. The molecule has 4 rings (SSSR count). The smallest absolute Gasteiger partial charge is 0.229 e. The van der Waals surface area contributed by atoms with E-state index in [0.29, 0.717) is 0 Å². The second-order valence-corrected chi connectivity index (χ2v) is 7.03. The van der Waals surface area contributed by atoms with Gasteiger partial charge in [-0.25, -0.2) is 0 Å². The Kier molecular flexibility index (Phi) is 5.37. The van der Waals surface area contributed by atoms with E-state index in [2.05, 4.69) is 0 Å². The highest BCUT2D eigenvalue weighted by Crippen LogP contribution is 2.44. The first-order valence-electron chi connectivity index (χ1n) is 9.24. The number of ether oxygens (including phenoxy) is 3. The number of aliphatic hydroxyl groups is 4. The molecule has 1 saturated heterocycles. The number of aliphatic hydroxyl groups excluding tert-OH is 4. The molecule has 11 heteroatoms. The first-order valence-corrected chi connectivity index (χ1v) is 9.24. The lowest BCUT2D eigenvalue weighted by molar-refractivity contribution is -0.277. The summed E-state index contributed by atoms with van der Waals surface area (Å²) in [7, 11) is 1.23. The third kappa shape index (κ3) is 3.32. The van der Waals surface area contributed by atoms with Gasteiger partial charge in [-0.1, -0.05) is 6.07 Å². The van der Waals surface area contributed by atoms with Gasteiger partial charge in [-0.05, 0) is 18.2 Å². The number of phenolic OH excluding ortho intramolecular Hbond substituents is 2. The van der Waals surface area contributed by atoms with Crippen LogP contribution in [0.5, 0.6) is 23.0 Å². The molecule has 0 saturated carbocycles. The minimum absolute atomic E-state index is 0.000666. The van der Waals surface area contributed by atoms with Crippen LogP contribution in [0.3, 0.4) is 0 Å². The first-order chi connectivity index (χ1) is 14.8. The fourth-order valence-corrected chi connectivity index (χ4v) is 3.50. The van der Waals surface area contributed by atoms with Crippen LogP contribution < -0.4 is 14.9 Å². The zero-order valence-corrected chi connectivity index (χ0v) is 16.1. The first kappa shape index (κ1) is 21.2. The van der Waals surface area contributed by atoms with Crippen molar-refractivity contribution in [2.24, 2.45) is 0 Å². The van der Waals surface area contributed by atoms with Crippen molar-refractivity contribution in [1.29, 1.82) is 0 Å². The van der Waals surface area contributed by atoms with E-state index in [1.165, 1.54) is 31.4 Å². The molecule has 0 spiro atoms. The van der Waals surface area contributed by atoms with Gasteiger partial charge in [0.2, 0.25) is 23.2 Å². The third-order valence-electron chi connectivity index (χ3n) is 5.17. The third-order valence-corrected chi connectivity index (χ3v) is 5.17. The number of aromatic hydroxyl groups is 2. The Hall–Kier alpha value is -3.09. The van der Waals surface area contributed by atoms with E-state index >= 15 is 0 Å². The average Bonchev–Trinajstić information content (AvgIpc) is 2.75. The van der Waals surface area contributed by atoms with E-state index < -0.39 is 54.2 Å². The molecule has 1 aliphatic rings. The lowest BCUT2D eigenvalue weighted by Crippen LogP contribution is -2.60. The van der Waals surface area contributed by atoms with Crippen LogP contribution in [-0.2, 0) is 4.74 Å². The molecule has 0 unspecified atom stereocenters. The topological polar surface area (TPSA) is 179 Å². The summed E-state index contributed by atoms with van der Waals surface area (Å²) in [5.41, 5.74) is -0.870. The van der Waals surface area contributed by atoms with Crippen molar-refractivity contribution in [3.63, 3.8) is 0 Å². The van der Waals surface area contributed by atoms with E-state index in [1.54, 1.807) is 0 Å². The molecule has 0 bridgehead atoms. The Bertz CT molecular complexity index is 1190. The summed E-state index contributed by atoms with van der Waals surface area (Å²) in [6.07, 6.45) is -8.01. The number of fused-ring (bicyclic) bond motifs is 2. The van der Waals surface area contributed by atoms with Crippen molar-refractivity contribution in [1.82, 2.24) is 0 Å². The lowest BCUT2D eigenvalue weighted by Gasteiger charge is -2.39. The Labute approximate surface area is 173 Å². The quantitative estimate of drug-likeness (QED) is 0.292. The van der Waals surface area contributed by atoms with Crippen molar-refractivity contribution in [3.05, 3.63) is 34.5 Å². The van der Waals surface area contributed by atoms with Crippen molar-refractivity contribution in [2.45, 2.75) is 30.7 Å². The number of benzene rings is 2. The van der Waals surface area contributed by atoms with Crippen molar-refractivity contribution in [3.8, 4) is 23.0 Å². The van der Waals surface area contributed by atoms with E-state index in [-0.39, 0.29) is 33.4 Å². The van der Waals surface area contributed by atoms with Crippen LogP contribution in [0.4, 0.5) is 0 Å². The summed E-state index contributed by atoms with van der Waals surface area (Å²) >= 11 is 0. The van der Waals surface area contributed by atoms with Gasteiger partial charge >= 0.3 is 0 Å². The molecular formula is C20H20O11. The highest BCUT2D eigenvalue weighted by Gasteiger charge is 2.45. The molecule has 5 atom stereocenters. The molecule has 166 valence electrons. The second kappa shape index (κ2) is 7.87. The van der Waals surface area contributed by atoms with Crippen LogP contribution in [0.1, 0.15) is 0 Å². The fourth-order valence-electron chi connectivity index (χ4n) is 3.50. The maximum Gasteiger partial charge on any atom is 0.229 e. The highest BCUT2D eigenvalue weighted by molar-refractivity contribution is 5.97. The minimum atomic E-state index is -1.77. The summed E-state index contributed by atoms with van der Waals surface area (Å²) in [6.45, 7) is -0.686. The summed E-state index contributed by atoms with van der Waals surface area (Å²) in [6, 6.07) is 5.39. The molecule has 3 aromatic rings. The van der Waals surface area contributed by atoms with Gasteiger partial charge in [-0.2, -0.15) is 0 Å². The van der Waals surface area contributed by atoms with Crippen molar-refractivity contribution >= 4 is 21.9 Å². The number of phenols is 2. The molecule has 0 radical (unpaired) electrons. The highest BCUT2D eigenvalue weighted by atomic mass is 16.7. The van der Waals surface area contributed by atoms with Gasteiger partial charge in [0.15, 0.2) is 11.3 Å². The predicted molar refractivity (Wildman–Crippen MR) is 104 cm³/mol. The molecule has 1 aromatic heterocycles. The zero-order chi connectivity index (χ0) is 22.4. The maximum absolute atomic E-state index is 13.0. The van der Waals surface area contributed by atoms with Crippen LogP contribution in [0.2, 0.25) is 0 Å². The van der Waals surface area contributed by atoms with Crippen LogP contribution in [0.25, 0.3) is 21.9 Å². The molecule has 11 nitrogen and oxygen atoms in total. The van der Waals surface area contributed by atoms with Gasteiger partial charge in [-0.15, -0.1) is 0 Å². The van der Waals surface area contributed by atoms with E-state index in [9.17, 15) is 35.4 Å². The molecule has 1 aliphatic heterocycles. The molecule has 31 heavy (non-hydrogen) atoms. The SMILES string of the molecule is COc1cc2c(=O)c3c(O)cccc3oc2c(O[C@@H]2O[C@H](CO)[C@@H](O)[C@H](O)[C@H]2O)c1O. The van der Waals surface area contributed by atoms with E-state index in [1.807, 2.05) is 0 Å². The minimum Gasteiger partial charge on any atom is -0.507 e. The van der Waals surface area contributed by atoms with Gasteiger partial charge in [0, 0.05) is 0 Å². The van der Waals surface area contributed by atoms with Crippen LogP contribution in [0, 0.1) is 0 Å². The van der Waals surface area contributed by atoms with Crippen molar-refractivity contribution in [2.75, 3.05) is 13.7 Å². The number of methoxy groups -OCH3 is 1. The Morgan fingerprint density at radius 2 is 1.84 bits per heavy atom. The Morgan fingerprint density at radius 3 is 2.52 bits per heavy atom. The molecular weight excluding hydrogens is 416 g/mol. The predicted octanol–water partition coefficient (Wildman–Crippen LogP) is -0.455. The molecule has 2 heterocycles. The summed E-state index contributed by atoms with van der Waals surface area (Å²) < 4.78 is 21.6. The molecule has 6 N–H and O–H groups in total. The largest absolute Gasteiger partial charge is 0.507 e. The molecule has 0 aliphatic carbocycles. The number of hydrogen-bond acceptors (Lipinski definition) is 11. The van der Waals surface area contributed by atoms with Gasteiger partial charge in [0.1, 0.15) is 41.1 Å². The van der Waals surface area contributed by atoms with Crippen LogP contribution in [0.15, 0.2) is 33.5 Å². The summed E-state index contributed by atoms with van der Waals surface area (Å²) in [5.74, 6) is -1.51. The molecule has 1 fully saturated rings. The van der Waals surface area contributed by atoms with Crippen molar-refractivity contribution < 1.29 is 49.3 Å². The summed E-state index contributed by atoms with van der Waals surface area (Å²) in [4.78, 5) is 13.0. The van der Waals surface area contributed by atoms with Gasteiger partial charge in [0.05, 0.1) is 19.1 Å². The standard InChI is InChI=1S/C20H20O11/c1-28-10-5-7-13(23)12-8(22)3-2-4-9(12)29-18(7)19(15(10)25)31-20-17(27)16(26)14(24)11(6-21)30-20/h2-5,11,14,16-17,20-22,24-27H,6H2,1H3/t11-,14-,16+,17-,20+/m1/s1. The van der Waals surface area contributed by atoms with E-state index in [4.69, 9.17) is 18.6 Å². The van der Waals surface area contributed by atoms with E-state index in [0.717, 1.165) is 0 Å². The normalized spacial score (nSPS) is 26.3. The maximum atomic E-state index is 13.0. The lowest BCUT2D eigenvalue weighted by atomic mass is 9.99. The average molecular weight is 436 g/mol. The second-order valence-electron chi connectivity index (χ2n) is 7.03. The molecule has 0 amide bonds. The summed E-state index contributed by atoms with van der Waals surface area (Å²) in [5, 5.41) is 60.0. The van der Waals surface area contributed by atoms with Crippen LogP contribution >= 0.6 is 0 Å². The van der Waals surface area contributed by atoms with Gasteiger partial charge < -0.3 is 49.3 Å².